The zero-order valence-electron chi connectivity index (χ0n) is 20.1. The zero-order chi connectivity index (χ0) is 27.2. The minimum absolute atomic E-state index is 0.151. The van der Waals surface area contributed by atoms with Crippen LogP contribution in [-0.2, 0) is 0 Å². The van der Waals surface area contributed by atoms with Crippen molar-refractivity contribution >= 4 is 11.6 Å². The summed E-state index contributed by atoms with van der Waals surface area (Å²) in [6, 6.07) is 9.23. The third kappa shape index (κ3) is 4.80. The van der Waals surface area contributed by atoms with Gasteiger partial charge in [-0.05, 0) is 49.6 Å². The van der Waals surface area contributed by atoms with Gasteiger partial charge in [0.25, 0.3) is 0 Å². The number of hydrogen-bond donors (Lipinski definition) is 2. The van der Waals surface area contributed by atoms with Crippen LogP contribution in [0.1, 0.15) is 25.3 Å². The Kier molecular flexibility index (Phi) is 6.11. The molecule has 2 aromatic carbocycles. The monoisotopic (exact) mass is 526 g/mol. The van der Waals surface area contributed by atoms with Gasteiger partial charge in [0.05, 0.1) is 16.8 Å². The second-order valence-electron chi connectivity index (χ2n) is 9.43. The third-order valence-corrected chi connectivity index (χ3v) is 6.55. The van der Waals surface area contributed by atoms with Crippen molar-refractivity contribution in [3.63, 3.8) is 0 Å². The van der Waals surface area contributed by atoms with Crippen LogP contribution < -0.4 is 15.4 Å². The fourth-order valence-corrected chi connectivity index (χ4v) is 4.52. The van der Waals surface area contributed by atoms with Crippen molar-refractivity contribution in [2.45, 2.75) is 31.7 Å². The predicted molar refractivity (Wildman–Crippen MR) is 131 cm³/mol. The van der Waals surface area contributed by atoms with E-state index in [1.165, 1.54) is 24.3 Å². The molecule has 1 aliphatic heterocycles. The van der Waals surface area contributed by atoms with E-state index in [-0.39, 0.29) is 22.4 Å². The molecule has 0 unspecified atom stereocenters. The Bertz CT molecular complexity index is 1560. The van der Waals surface area contributed by atoms with Crippen LogP contribution >= 0.6 is 0 Å². The lowest BCUT2D eigenvalue weighted by Gasteiger charge is -2.37. The summed E-state index contributed by atoms with van der Waals surface area (Å²) < 4.78 is 58.5. The quantitative estimate of drug-likeness (QED) is 0.360. The number of imidazole rings is 1. The van der Waals surface area contributed by atoms with Crippen molar-refractivity contribution in [1.29, 1.82) is 5.26 Å². The summed E-state index contributed by atoms with van der Waals surface area (Å²) in [5.74, 6) is -1.74. The molecule has 8 nitrogen and oxygen atoms in total. The fraction of sp³-hybridized carbons (Fsp3) is 0.269. The number of halogens is 4. The Hall–Kier alpha value is -4.37. The first-order valence-corrected chi connectivity index (χ1v) is 11.7. The second-order valence-corrected chi connectivity index (χ2v) is 9.43. The molecule has 5 rings (SSSR count). The number of nitrogens with two attached hydrogens (primary N) is 1. The minimum atomic E-state index is -4.99. The van der Waals surface area contributed by atoms with Crippen LogP contribution in [0, 0.1) is 17.1 Å². The number of hydrogen-bond acceptors (Lipinski definition) is 7. The summed E-state index contributed by atoms with van der Waals surface area (Å²) in [6.45, 7) is 3.20. The van der Waals surface area contributed by atoms with Gasteiger partial charge in [-0.2, -0.15) is 5.26 Å². The Labute approximate surface area is 214 Å². The number of anilines is 1. The molecular weight excluding hydrogens is 504 g/mol. The topological polar surface area (TPSA) is 113 Å². The van der Waals surface area contributed by atoms with Gasteiger partial charge in [-0.1, -0.05) is 12.1 Å². The highest BCUT2D eigenvalue weighted by Gasteiger charge is 2.33. The Balaban J connectivity index is 1.72. The molecule has 0 saturated carbocycles. The summed E-state index contributed by atoms with van der Waals surface area (Å²) in [5, 5.41) is 19.5. The Morgan fingerprint density at radius 1 is 1.13 bits per heavy atom. The number of nitrogens with zero attached hydrogens (tertiary/aromatic N) is 5. The molecule has 0 radical (unpaired) electrons. The summed E-state index contributed by atoms with van der Waals surface area (Å²) in [6.07, 6.45) is -0.325. The normalized spacial score (nSPS) is 15.4. The second kappa shape index (κ2) is 9.18. The molecule has 0 aliphatic carbocycles. The van der Waals surface area contributed by atoms with E-state index in [0.29, 0.717) is 48.7 Å². The number of phenols is 1. The molecule has 0 atom stereocenters. The van der Waals surface area contributed by atoms with Gasteiger partial charge in [0.1, 0.15) is 17.5 Å². The molecule has 1 saturated heterocycles. The van der Waals surface area contributed by atoms with Crippen LogP contribution in [0.25, 0.3) is 28.0 Å². The lowest BCUT2D eigenvalue weighted by atomic mass is 9.91. The van der Waals surface area contributed by atoms with E-state index in [1.807, 2.05) is 11.8 Å². The van der Waals surface area contributed by atoms with Crippen LogP contribution in [0.15, 0.2) is 48.8 Å². The molecule has 1 fully saturated rings. The van der Waals surface area contributed by atoms with E-state index < -0.39 is 23.7 Å². The molecule has 196 valence electrons. The van der Waals surface area contributed by atoms with Crippen LogP contribution in [-0.4, -0.2) is 44.5 Å². The molecule has 3 N–H and O–H groups in total. The standard InChI is InChI=1S/C26H22F4N6O2/c1-25(32)6-9-35(10-7-25)24-34-22(16-2-3-17(14-31)18(27)12-16)21(23-33-8-11-36(23)24)15-4-5-20(19(37)13-15)38-26(28,29)30/h2-5,8,11-13,37H,6-7,9-10,32H2,1H3. The van der Waals surface area contributed by atoms with Crippen molar-refractivity contribution in [2.24, 2.45) is 5.73 Å². The number of benzene rings is 2. The Morgan fingerprint density at radius 2 is 1.84 bits per heavy atom. The van der Waals surface area contributed by atoms with Crippen LogP contribution in [0.4, 0.5) is 23.5 Å². The van der Waals surface area contributed by atoms with Crippen molar-refractivity contribution in [1.82, 2.24) is 14.4 Å². The number of fused-ring (bicyclic) bond motifs is 1. The van der Waals surface area contributed by atoms with Gasteiger partial charge < -0.3 is 20.5 Å². The summed E-state index contributed by atoms with van der Waals surface area (Å²) in [7, 11) is 0. The number of nitriles is 1. The van der Waals surface area contributed by atoms with E-state index in [9.17, 15) is 22.7 Å². The van der Waals surface area contributed by atoms with E-state index >= 15 is 0 Å². The van der Waals surface area contributed by atoms with Gasteiger partial charge >= 0.3 is 6.36 Å². The number of aromatic hydroxyl groups is 1. The molecule has 2 aromatic heterocycles. The summed E-state index contributed by atoms with van der Waals surface area (Å²) >= 11 is 0. The van der Waals surface area contributed by atoms with E-state index in [2.05, 4.69) is 9.72 Å². The van der Waals surface area contributed by atoms with Gasteiger partial charge in [0.2, 0.25) is 5.95 Å². The van der Waals surface area contributed by atoms with E-state index in [0.717, 1.165) is 12.1 Å². The molecule has 0 amide bonds. The highest BCUT2D eigenvalue weighted by Crippen LogP contribution is 2.41. The number of rotatable bonds is 4. The van der Waals surface area contributed by atoms with Crippen LogP contribution in [0.5, 0.6) is 11.5 Å². The first kappa shape index (κ1) is 25.3. The molecule has 3 heterocycles. The van der Waals surface area contributed by atoms with Crippen LogP contribution in [0.2, 0.25) is 0 Å². The highest BCUT2D eigenvalue weighted by molar-refractivity contribution is 5.91. The third-order valence-electron chi connectivity index (χ3n) is 6.55. The molecule has 0 spiro atoms. The molecule has 38 heavy (non-hydrogen) atoms. The molecule has 0 bridgehead atoms. The van der Waals surface area contributed by atoms with Gasteiger partial charge in [0, 0.05) is 36.6 Å². The lowest BCUT2D eigenvalue weighted by molar-refractivity contribution is -0.275. The molecular formula is C26H22F4N6O2. The van der Waals surface area contributed by atoms with E-state index in [1.54, 1.807) is 22.9 Å². The van der Waals surface area contributed by atoms with Gasteiger partial charge in [0.15, 0.2) is 11.5 Å². The first-order valence-electron chi connectivity index (χ1n) is 11.7. The lowest BCUT2D eigenvalue weighted by Crippen LogP contribution is -2.48. The van der Waals surface area contributed by atoms with Gasteiger partial charge in [-0.25, -0.2) is 14.4 Å². The first-order chi connectivity index (χ1) is 18.0. The Morgan fingerprint density at radius 3 is 2.47 bits per heavy atom. The summed E-state index contributed by atoms with van der Waals surface area (Å²) in [4.78, 5) is 11.4. The maximum Gasteiger partial charge on any atom is 0.573 e. The smallest absolute Gasteiger partial charge is 0.504 e. The van der Waals surface area contributed by atoms with E-state index in [4.69, 9.17) is 16.0 Å². The van der Waals surface area contributed by atoms with Crippen molar-refractivity contribution in [3.8, 4) is 40.0 Å². The highest BCUT2D eigenvalue weighted by atomic mass is 19.4. The van der Waals surface area contributed by atoms with Gasteiger partial charge in [-0.15, -0.1) is 13.2 Å². The average molecular weight is 526 g/mol. The van der Waals surface area contributed by atoms with Crippen LogP contribution in [0.3, 0.4) is 0 Å². The van der Waals surface area contributed by atoms with Gasteiger partial charge in [-0.3, -0.25) is 4.40 Å². The fourth-order valence-electron chi connectivity index (χ4n) is 4.52. The van der Waals surface area contributed by atoms with Crippen molar-refractivity contribution < 1.29 is 27.4 Å². The molecule has 4 aromatic rings. The largest absolute Gasteiger partial charge is 0.573 e. The summed E-state index contributed by atoms with van der Waals surface area (Å²) in [5.41, 5.74) is 7.43. The maximum absolute atomic E-state index is 14.7. The predicted octanol–water partition coefficient (Wildman–Crippen LogP) is 5.00. The molecule has 12 heteroatoms. The number of alkyl halides is 3. The van der Waals surface area contributed by atoms with Crippen molar-refractivity contribution in [2.75, 3.05) is 18.0 Å². The average Bonchev–Trinajstić information content (AvgIpc) is 3.33. The SMILES string of the molecule is CC1(N)CCN(c2nc(-c3ccc(C#N)c(F)c3)c(-c3ccc(OC(F)(F)F)c(O)c3)c3nccn23)CC1. The zero-order valence-corrected chi connectivity index (χ0v) is 20.1. The maximum atomic E-state index is 14.7. The number of piperidine rings is 1. The van der Waals surface area contributed by atoms with Crippen molar-refractivity contribution in [3.05, 3.63) is 60.2 Å². The minimum Gasteiger partial charge on any atom is -0.504 e. The number of phenolic OH excluding ortho intramolecular Hbond substituents is 1. The molecule has 1 aliphatic rings. The number of ether oxygens (including phenoxy) is 1. The number of aromatic nitrogens is 3.